The summed E-state index contributed by atoms with van der Waals surface area (Å²) in [7, 11) is 0. The van der Waals surface area contributed by atoms with Crippen molar-refractivity contribution in [3.05, 3.63) is 39.9 Å². The van der Waals surface area contributed by atoms with Crippen LogP contribution in [0.2, 0.25) is 0 Å². The third kappa shape index (κ3) is 4.01. The fourth-order valence-electron chi connectivity index (χ4n) is 3.03. The van der Waals surface area contributed by atoms with Crippen molar-refractivity contribution in [2.45, 2.75) is 6.54 Å². The summed E-state index contributed by atoms with van der Waals surface area (Å²) in [4.78, 5) is 28.7. The second kappa shape index (κ2) is 7.59. The number of nitro groups is 1. The Morgan fingerprint density at radius 3 is 2.17 bits per heavy atom. The third-order valence-corrected chi connectivity index (χ3v) is 4.48. The van der Waals surface area contributed by atoms with Gasteiger partial charge >= 0.3 is 6.03 Å². The average Bonchev–Trinajstić information content (AvgIpc) is 2.63. The summed E-state index contributed by atoms with van der Waals surface area (Å²) >= 11 is 0. The van der Waals surface area contributed by atoms with Gasteiger partial charge in [0.15, 0.2) is 0 Å². The molecule has 2 aliphatic heterocycles. The van der Waals surface area contributed by atoms with Gasteiger partial charge in [0.05, 0.1) is 18.1 Å². The van der Waals surface area contributed by atoms with Gasteiger partial charge in [-0.25, -0.2) is 4.79 Å². The highest BCUT2D eigenvalue weighted by Crippen LogP contribution is 2.15. The average molecular weight is 334 g/mol. The van der Waals surface area contributed by atoms with Crippen molar-refractivity contribution in [1.29, 1.82) is 0 Å². The van der Waals surface area contributed by atoms with E-state index >= 15 is 0 Å². The maximum absolute atomic E-state index is 12.4. The van der Waals surface area contributed by atoms with E-state index in [0.717, 1.165) is 25.2 Å². The summed E-state index contributed by atoms with van der Waals surface area (Å²) < 4.78 is 5.28. The SMILES string of the molecule is O=C(N1CCOCC1)N1CCN(Cc2ccc([N+](=O)[O-])cc2)CC1. The Bertz CT molecular complexity index is 578. The highest BCUT2D eigenvalue weighted by molar-refractivity contribution is 5.74. The van der Waals surface area contributed by atoms with Crippen LogP contribution in [0.5, 0.6) is 0 Å². The van der Waals surface area contributed by atoms with Crippen LogP contribution < -0.4 is 0 Å². The summed E-state index contributed by atoms with van der Waals surface area (Å²) in [6.45, 7) is 6.37. The topological polar surface area (TPSA) is 79.2 Å². The molecule has 2 amide bonds. The maximum Gasteiger partial charge on any atom is 0.320 e. The van der Waals surface area contributed by atoms with Crippen LogP contribution in [0.1, 0.15) is 5.56 Å². The molecule has 2 fully saturated rings. The van der Waals surface area contributed by atoms with Gasteiger partial charge in [-0.3, -0.25) is 15.0 Å². The van der Waals surface area contributed by atoms with E-state index in [1.165, 1.54) is 12.1 Å². The van der Waals surface area contributed by atoms with Crippen LogP contribution in [0.25, 0.3) is 0 Å². The lowest BCUT2D eigenvalue weighted by Gasteiger charge is -2.38. The number of hydrogen-bond acceptors (Lipinski definition) is 5. The minimum absolute atomic E-state index is 0.105. The van der Waals surface area contributed by atoms with Gasteiger partial charge in [-0.1, -0.05) is 12.1 Å². The largest absolute Gasteiger partial charge is 0.378 e. The molecule has 8 heteroatoms. The number of amides is 2. The number of hydrogen-bond donors (Lipinski definition) is 0. The molecule has 1 aromatic rings. The summed E-state index contributed by atoms with van der Waals surface area (Å²) in [6.07, 6.45) is 0. The van der Waals surface area contributed by atoms with Crippen LogP contribution in [-0.2, 0) is 11.3 Å². The van der Waals surface area contributed by atoms with Gasteiger partial charge in [0, 0.05) is 57.9 Å². The molecule has 130 valence electrons. The van der Waals surface area contributed by atoms with Gasteiger partial charge in [0.25, 0.3) is 5.69 Å². The Morgan fingerprint density at radius 2 is 1.58 bits per heavy atom. The summed E-state index contributed by atoms with van der Waals surface area (Å²) in [6, 6.07) is 6.77. The number of urea groups is 1. The lowest BCUT2D eigenvalue weighted by atomic mass is 10.2. The maximum atomic E-state index is 12.4. The summed E-state index contributed by atoms with van der Waals surface area (Å²) in [5.41, 5.74) is 1.16. The third-order valence-electron chi connectivity index (χ3n) is 4.48. The number of benzene rings is 1. The van der Waals surface area contributed by atoms with E-state index in [1.54, 1.807) is 12.1 Å². The first kappa shape index (κ1) is 16.7. The van der Waals surface area contributed by atoms with E-state index in [9.17, 15) is 14.9 Å². The van der Waals surface area contributed by atoms with Gasteiger partial charge < -0.3 is 14.5 Å². The van der Waals surface area contributed by atoms with Gasteiger partial charge in [-0.15, -0.1) is 0 Å². The molecule has 0 atom stereocenters. The smallest absolute Gasteiger partial charge is 0.320 e. The monoisotopic (exact) mass is 334 g/mol. The Balaban J connectivity index is 1.48. The quantitative estimate of drug-likeness (QED) is 0.612. The molecule has 2 heterocycles. The molecule has 0 aliphatic carbocycles. The lowest BCUT2D eigenvalue weighted by Crippen LogP contribution is -2.54. The highest BCUT2D eigenvalue weighted by Gasteiger charge is 2.26. The zero-order valence-corrected chi connectivity index (χ0v) is 13.6. The number of ether oxygens (including phenoxy) is 1. The van der Waals surface area contributed by atoms with Crippen LogP contribution in [0.3, 0.4) is 0 Å². The number of carbonyl (C=O) groups excluding carboxylic acids is 1. The molecule has 1 aromatic carbocycles. The highest BCUT2D eigenvalue weighted by atomic mass is 16.6. The number of non-ortho nitro benzene ring substituents is 1. The molecule has 8 nitrogen and oxygen atoms in total. The van der Waals surface area contributed by atoms with Gasteiger partial charge in [-0.05, 0) is 5.56 Å². The van der Waals surface area contributed by atoms with Crippen molar-refractivity contribution in [2.24, 2.45) is 0 Å². The predicted octanol–water partition coefficient (Wildman–Crippen LogP) is 1.16. The zero-order valence-electron chi connectivity index (χ0n) is 13.6. The molecule has 0 unspecified atom stereocenters. The summed E-state index contributed by atoms with van der Waals surface area (Å²) in [5, 5.41) is 10.7. The van der Waals surface area contributed by atoms with E-state index in [-0.39, 0.29) is 16.6 Å². The number of rotatable bonds is 3. The lowest BCUT2D eigenvalue weighted by molar-refractivity contribution is -0.384. The molecular formula is C16H22N4O4. The number of morpholine rings is 1. The minimum Gasteiger partial charge on any atom is -0.378 e. The van der Waals surface area contributed by atoms with Crippen molar-refractivity contribution in [2.75, 3.05) is 52.5 Å². The molecule has 0 saturated carbocycles. The van der Waals surface area contributed by atoms with Crippen LogP contribution in [-0.4, -0.2) is 78.1 Å². The predicted molar refractivity (Wildman–Crippen MR) is 87.7 cm³/mol. The van der Waals surface area contributed by atoms with Crippen LogP contribution in [0, 0.1) is 10.1 Å². The number of nitro benzene ring substituents is 1. The van der Waals surface area contributed by atoms with E-state index < -0.39 is 0 Å². The normalized spacial score (nSPS) is 19.3. The van der Waals surface area contributed by atoms with Crippen LogP contribution in [0.4, 0.5) is 10.5 Å². The Labute approximate surface area is 140 Å². The number of carbonyl (C=O) groups is 1. The molecule has 2 saturated heterocycles. The Kier molecular flexibility index (Phi) is 5.27. The van der Waals surface area contributed by atoms with Crippen molar-refractivity contribution < 1.29 is 14.5 Å². The molecule has 0 bridgehead atoms. The van der Waals surface area contributed by atoms with Crippen molar-refractivity contribution in [1.82, 2.24) is 14.7 Å². The molecule has 0 N–H and O–H groups in total. The van der Waals surface area contributed by atoms with Gasteiger partial charge in [0.1, 0.15) is 0 Å². The van der Waals surface area contributed by atoms with Gasteiger partial charge in [0.2, 0.25) is 0 Å². The summed E-state index contributed by atoms with van der Waals surface area (Å²) in [5.74, 6) is 0. The van der Waals surface area contributed by atoms with Crippen molar-refractivity contribution in [3.8, 4) is 0 Å². The molecule has 3 rings (SSSR count). The second-order valence-electron chi connectivity index (χ2n) is 6.07. The number of nitrogens with zero attached hydrogens (tertiary/aromatic N) is 4. The van der Waals surface area contributed by atoms with Gasteiger partial charge in [-0.2, -0.15) is 0 Å². The fourth-order valence-corrected chi connectivity index (χ4v) is 3.03. The van der Waals surface area contributed by atoms with Crippen molar-refractivity contribution in [3.63, 3.8) is 0 Å². The molecule has 0 aromatic heterocycles. The molecule has 24 heavy (non-hydrogen) atoms. The minimum atomic E-state index is -0.389. The first-order chi connectivity index (χ1) is 11.6. The fraction of sp³-hybridized carbons (Fsp3) is 0.562. The Hall–Kier alpha value is -2.19. The van der Waals surface area contributed by atoms with Crippen LogP contribution in [0.15, 0.2) is 24.3 Å². The van der Waals surface area contributed by atoms with E-state index in [4.69, 9.17) is 4.74 Å². The first-order valence-corrected chi connectivity index (χ1v) is 8.21. The molecule has 0 spiro atoms. The van der Waals surface area contributed by atoms with Crippen molar-refractivity contribution >= 4 is 11.7 Å². The second-order valence-corrected chi connectivity index (χ2v) is 6.07. The van der Waals surface area contributed by atoms with E-state index in [2.05, 4.69) is 4.90 Å². The standard InChI is InChI=1S/C16H22N4O4/c21-16(19-9-11-24-12-10-19)18-7-5-17(6-8-18)13-14-1-3-15(4-2-14)20(22)23/h1-4H,5-13H2. The Morgan fingerprint density at radius 1 is 1.00 bits per heavy atom. The zero-order chi connectivity index (χ0) is 16.9. The number of piperazine rings is 1. The molecular weight excluding hydrogens is 312 g/mol. The van der Waals surface area contributed by atoms with E-state index in [0.29, 0.717) is 39.4 Å². The molecule has 2 aliphatic rings. The van der Waals surface area contributed by atoms with E-state index in [1.807, 2.05) is 9.80 Å². The first-order valence-electron chi connectivity index (χ1n) is 8.21. The van der Waals surface area contributed by atoms with Crippen LogP contribution >= 0.6 is 0 Å². The molecule has 0 radical (unpaired) electrons.